The Kier molecular flexibility index (Phi) is 4.80. The summed E-state index contributed by atoms with van der Waals surface area (Å²) in [4.78, 5) is 23.9. The minimum atomic E-state index is -1.16. The van der Waals surface area contributed by atoms with Gasteiger partial charge in [0.2, 0.25) is 0 Å². The van der Waals surface area contributed by atoms with Gasteiger partial charge in [0.05, 0.1) is 6.20 Å². The normalized spacial score (nSPS) is 12.5. The lowest BCUT2D eigenvalue weighted by Gasteiger charge is -2.16. The monoisotopic (exact) mass is 391 g/mol. The number of carboxylic acid groups (broad SMARTS) is 1. The van der Waals surface area contributed by atoms with Crippen LogP contribution in [0.2, 0.25) is 0 Å². The maximum Gasteiger partial charge on any atom is 0.412 e. The third-order valence-corrected chi connectivity index (χ3v) is 5.08. The molecule has 0 atom stereocenters. The fraction of sp³-hybridized carbons (Fsp3) is 0.227. The molecule has 7 nitrogen and oxygen atoms in total. The van der Waals surface area contributed by atoms with Crippen molar-refractivity contribution < 1.29 is 19.4 Å². The number of amides is 1. The summed E-state index contributed by atoms with van der Waals surface area (Å²) in [6, 6.07) is 16.0. The third-order valence-electron chi connectivity index (χ3n) is 5.08. The molecule has 0 unspecified atom stereocenters. The maximum absolute atomic E-state index is 12.5. The lowest BCUT2D eigenvalue weighted by Crippen LogP contribution is -2.21. The Morgan fingerprint density at radius 3 is 2.24 bits per heavy atom. The second-order valence-electron chi connectivity index (χ2n) is 7.20. The van der Waals surface area contributed by atoms with Gasteiger partial charge in [0.1, 0.15) is 18.0 Å². The van der Waals surface area contributed by atoms with Crippen LogP contribution >= 0.6 is 0 Å². The quantitative estimate of drug-likeness (QED) is 0.667. The molecule has 2 aromatic carbocycles. The number of aromatic nitrogens is 2. The van der Waals surface area contributed by atoms with Crippen LogP contribution in [0.5, 0.6) is 0 Å². The number of hydrogen-bond acceptors (Lipinski definition) is 4. The summed E-state index contributed by atoms with van der Waals surface area (Å²) >= 11 is 0. The van der Waals surface area contributed by atoms with Crippen LogP contribution in [0.3, 0.4) is 0 Å². The largest absolute Gasteiger partial charge is 0.477 e. The highest BCUT2D eigenvalue weighted by atomic mass is 16.5. The van der Waals surface area contributed by atoms with E-state index in [4.69, 9.17) is 4.74 Å². The SMILES string of the molecule is CC(C)n1ncc(C(=O)O)c1NC(=O)OCC1c2ccccc2-c2ccccc21. The second kappa shape index (κ2) is 7.43. The molecule has 0 spiro atoms. The lowest BCUT2D eigenvalue weighted by molar-refractivity contribution is 0.0698. The van der Waals surface area contributed by atoms with Gasteiger partial charge in [-0.05, 0) is 36.1 Å². The number of aromatic carboxylic acids is 1. The Labute approximate surface area is 167 Å². The predicted octanol–water partition coefficient (Wildman–Crippen LogP) is 4.52. The summed E-state index contributed by atoms with van der Waals surface area (Å²) in [7, 11) is 0. The van der Waals surface area contributed by atoms with Crippen molar-refractivity contribution in [1.82, 2.24) is 9.78 Å². The number of anilines is 1. The van der Waals surface area contributed by atoms with Gasteiger partial charge in [-0.2, -0.15) is 5.10 Å². The van der Waals surface area contributed by atoms with E-state index in [-0.39, 0.29) is 29.9 Å². The molecule has 0 aliphatic heterocycles. The van der Waals surface area contributed by atoms with Crippen LogP contribution in [0.15, 0.2) is 54.7 Å². The summed E-state index contributed by atoms with van der Waals surface area (Å²) in [5, 5.41) is 16.0. The van der Waals surface area contributed by atoms with Gasteiger partial charge in [-0.1, -0.05) is 48.5 Å². The van der Waals surface area contributed by atoms with Gasteiger partial charge < -0.3 is 9.84 Å². The Hall–Kier alpha value is -3.61. The summed E-state index contributed by atoms with van der Waals surface area (Å²) in [6.45, 7) is 3.85. The predicted molar refractivity (Wildman–Crippen MR) is 108 cm³/mol. The van der Waals surface area contributed by atoms with Crippen LogP contribution in [0.4, 0.5) is 10.6 Å². The Morgan fingerprint density at radius 2 is 1.69 bits per heavy atom. The van der Waals surface area contributed by atoms with Gasteiger partial charge in [0.25, 0.3) is 0 Å². The minimum Gasteiger partial charge on any atom is -0.477 e. The van der Waals surface area contributed by atoms with E-state index in [9.17, 15) is 14.7 Å². The molecule has 1 amide bonds. The molecule has 1 heterocycles. The number of carbonyl (C=O) groups is 2. The first-order valence-corrected chi connectivity index (χ1v) is 9.40. The highest BCUT2D eigenvalue weighted by Gasteiger charge is 2.29. The second-order valence-corrected chi connectivity index (χ2v) is 7.20. The zero-order valence-corrected chi connectivity index (χ0v) is 16.1. The lowest BCUT2D eigenvalue weighted by atomic mass is 9.98. The molecular weight excluding hydrogens is 370 g/mol. The van der Waals surface area contributed by atoms with Crippen LogP contribution in [0, 0.1) is 0 Å². The van der Waals surface area contributed by atoms with E-state index in [0.29, 0.717) is 0 Å². The average molecular weight is 391 g/mol. The molecule has 4 rings (SSSR count). The standard InChI is InChI=1S/C22H21N3O4/c1-13(2)25-20(18(11-23-25)21(26)27)24-22(28)29-12-19-16-9-5-3-7-14(16)15-8-4-6-10-17(15)19/h3-11,13,19H,12H2,1-2H3,(H,24,28)(H,26,27). The zero-order chi connectivity index (χ0) is 20.5. The smallest absolute Gasteiger partial charge is 0.412 e. The van der Waals surface area contributed by atoms with Crippen molar-refractivity contribution in [3.05, 3.63) is 71.4 Å². The van der Waals surface area contributed by atoms with Crippen LogP contribution in [-0.2, 0) is 4.74 Å². The van der Waals surface area contributed by atoms with Crippen molar-refractivity contribution >= 4 is 17.9 Å². The maximum atomic E-state index is 12.5. The fourth-order valence-electron chi connectivity index (χ4n) is 3.77. The van der Waals surface area contributed by atoms with Gasteiger partial charge in [-0.15, -0.1) is 0 Å². The van der Waals surface area contributed by atoms with E-state index < -0.39 is 12.1 Å². The first-order chi connectivity index (χ1) is 14.0. The Morgan fingerprint density at radius 1 is 1.10 bits per heavy atom. The molecule has 2 N–H and O–H groups in total. The third kappa shape index (κ3) is 3.35. The molecule has 7 heteroatoms. The molecule has 0 fully saturated rings. The number of benzene rings is 2. The van der Waals surface area contributed by atoms with E-state index in [1.165, 1.54) is 10.9 Å². The molecule has 29 heavy (non-hydrogen) atoms. The number of nitrogens with one attached hydrogen (secondary N) is 1. The number of nitrogens with zero attached hydrogens (tertiary/aromatic N) is 2. The van der Waals surface area contributed by atoms with E-state index in [0.717, 1.165) is 22.3 Å². The molecule has 1 aliphatic carbocycles. The summed E-state index contributed by atoms with van der Waals surface area (Å²) in [5.74, 6) is -1.11. The van der Waals surface area contributed by atoms with Crippen LogP contribution in [0.1, 0.15) is 47.3 Å². The minimum absolute atomic E-state index is 0.0675. The highest BCUT2D eigenvalue weighted by molar-refractivity contribution is 5.97. The van der Waals surface area contributed by atoms with E-state index in [1.54, 1.807) is 0 Å². The summed E-state index contributed by atoms with van der Waals surface area (Å²) in [6.07, 6.45) is 0.512. The van der Waals surface area contributed by atoms with E-state index in [1.807, 2.05) is 50.2 Å². The topological polar surface area (TPSA) is 93.5 Å². The molecule has 0 bridgehead atoms. The van der Waals surface area contributed by atoms with Gasteiger partial charge in [0, 0.05) is 12.0 Å². The van der Waals surface area contributed by atoms with Crippen molar-refractivity contribution in [3.8, 4) is 11.1 Å². The van der Waals surface area contributed by atoms with Crippen molar-refractivity contribution in [3.63, 3.8) is 0 Å². The van der Waals surface area contributed by atoms with Gasteiger partial charge >= 0.3 is 12.1 Å². The van der Waals surface area contributed by atoms with Gasteiger partial charge in [0.15, 0.2) is 0 Å². The molecule has 1 aromatic heterocycles. The molecule has 3 aromatic rings. The zero-order valence-electron chi connectivity index (χ0n) is 16.1. The van der Waals surface area contributed by atoms with Crippen molar-refractivity contribution in [1.29, 1.82) is 0 Å². The summed E-state index contributed by atoms with van der Waals surface area (Å²) < 4.78 is 6.95. The Bertz CT molecular complexity index is 1040. The first kappa shape index (κ1) is 18.7. The number of carboxylic acids is 1. The van der Waals surface area contributed by atoms with Crippen LogP contribution in [0.25, 0.3) is 11.1 Å². The molecule has 0 saturated heterocycles. The summed E-state index contributed by atoms with van der Waals surface area (Å²) in [5.41, 5.74) is 4.43. The number of carbonyl (C=O) groups excluding carboxylic acids is 1. The van der Waals surface area contributed by atoms with Crippen LogP contribution in [-0.4, -0.2) is 33.6 Å². The molecule has 1 aliphatic rings. The highest BCUT2D eigenvalue weighted by Crippen LogP contribution is 2.44. The van der Waals surface area contributed by atoms with Gasteiger partial charge in [-0.3, -0.25) is 5.32 Å². The number of fused-ring (bicyclic) bond motifs is 3. The van der Waals surface area contributed by atoms with E-state index >= 15 is 0 Å². The van der Waals surface area contributed by atoms with Crippen LogP contribution < -0.4 is 5.32 Å². The fourth-order valence-corrected chi connectivity index (χ4v) is 3.77. The number of rotatable bonds is 5. The number of ether oxygens (including phenoxy) is 1. The molecular formula is C22H21N3O4. The van der Waals surface area contributed by atoms with Gasteiger partial charge in [-0.25, -0.2) is 14.3 Å². The average Bonchev–Trinajstić information content (AvgIpc) is 3.26. The van der Waals surface area contributed by atoms with Crippen molar-refractivity contribution in [2.24, 2.45) is 0 Å². The van der Waals surface area contributed by atoms with E-state index in [2.05, 4.69) is 22.5 Å². The molecule has 148 valence electrons. The first-order valence-electron chi connectivity index (χ1n) is 9.40. The molecule has 0 saturated carbocycles. The Balaban J connectivity index is 1.53. The van der Waals surface area contributed by atoms with Crippen molar-refractivity contribution in [2.45, 2.75) is 25.8 Å². The molecule has 0 radical (unpaired) electrons. The van der Waals surface area contributed by atoms with Crippen molar-refractivity contribution in [2.75, 3.05) is 11.9 Å². The number of hydrogen-bond donors (Lipinski definition) is 2.